The van der Waals surface area contributed by atoms with Crippen molar-refractivity contribution in [2.45, 2.75) is 26.2 Å². The number of halogens is 1. The van der Waals surface area contributed by atoms with Crippen LogP contribution in [0.3, 0.4) is 0 Å². The average Bonchev–Trinajstić information content (AvgIpc) is 2.78. The predicted octanol–water partition coefficient (Wildman–Crippen LogP) is 6.12. The van der Waals surface area contributed by atoms with Gasteiger partial charge in [0.25, 0.3) is 5.91 Å². The molecule has 0 aliphatic heterocycles. The second-order valence-electron chi connectivity index (χ2n) is 6.94. The van der Waals surface area contributed by atoms with Crippen molar-refractivity contribution in [3.8, 4) is 5.75 Å². The first-order valence-corrected chi connectivity index (χ1v) is 10.6. The molecular formula is C25H25ClN2O3. The number of amides is 2. The van der Waals surface area contributed by atoms with Crippen molar-refractivity contribution >= 4 is 34.8 Å². The number of benzene rings is 3. The summed E-state index contributed by atoms with van der Waals surface area (Å²) in [5, 5.41) is 6.09. The molecule has 3 rings (SSSR count). The minimum absolute atomic E-state index is 0.171. The number of hydrogen-bond donors (Lipinski definition) is 2. The standard InChI is InChI=1S/C25H25ClN2O3/c1-3-19(17-10-6-5-7-11-17)25(30)28-22-16-18(14-15-20(22)26)24(29)27-21-12-8-9-13-23(21)31-4-2/h5-16,19H,3-4H2,1-2H3,(H,27,29)(H,28,30)/t19-/m1/s1. The van der Waals surface area contributed by atoms with E-state index >= 15 is 0 Å². The van der Waals surface area contributed by atoms with E-state index in [4.69, 9.17) is 16.3 Å². The molecule has 0 saturated heterocycles. The number of rotatable bonds is 8. The lowest BCUT2D eigenvalue weighted by molar-refractivity contribution is -0.117. The summed E-state index contributed by atoms with van der Waals surface area (Å²) in [6.45, 7) is 4.33. The molecule has 1 atom stereocenters. The molecule has 31 heavy (non-hydrogen) atoms. The highest BCUT2D eigenvalue weighted by Gasteiger charge is 2.20. The molecule has 0 unspecified atom stereocenters. The van der Waals surface area contributed by atoms with Gasteiger partial charge in [0.1, 0.15) is 5.75 Å². The molecule has 0 aliphatic rings. The van der Waals surface area contributed by atoms with Crippen molar-refractivity contribution in [2.24, 2.45) is 0 Å². The number of anilines is 2. The van der Waals surface area contributed by atoms with E-state index in [-0.39, 0.29) is 17.7 Å². The second-order valence-corrected chi connectivity index (χ2v) is 7.35. The van der Waals surface area contributed by atoms with Crippen LogP contribution in [0, 0.1) is 0 Å². The first-order valence-electron chi connectivity index (χ1n) is 10.2. The quantitative estimate of drug-likeness (QED) is 0.446. The van der Waals surface area contributed by atoms with Gasteiger partial charge in [0, 0.05) is 5.56 Å². The molecule has 6 heteroatoms. The molecule has 0 spiro atoms. The number of carbonyl (C=O) groups is 2. The van der Waals surface area contributed by atoms with Crippen molar-refractivity contribution in [1.82, 2.24) is 0 Å². The Hall–Kier alpha value is -3.31. The fourth-order valence-electron chi connectivity index (χ4n) is 3.29. The maximum atomic E-state index is 12.9. The SMILES string of the molecule is CCOc1ccccc1NC(=O)c1ccc(Cl)c(NC(=O)[C@H](CC)c2ccccc2)c1. The number of hydrogen-bond acceptors (Lipinski definition) is 3. The number of nitrogens with one attached hydrogen (secondary N) is 2. The van der Waals surface area contributed by atoms with Crippen LogP contribution in [-0.2, 0) is 4.79 Å². The number of para-hydroxylation sites is 2. The van der Waals surface area contributed by atoms with Crippen LogP contribution in [0.15, 0.2) is 72.8 Å². The molecule has 0 bridgehead atoms. The van der Waals surface area contributed by atoms with E-state index in [0.29, 0.717) is 40.7 Å². The zero-order chi connectivity index (χ0) is 22.2. The minimum atomic E-state index is -0.325. The van der Waals surface area contributed by atoms with Crippen LogP contribution in [0.25, 0.3) is 0 Å². The van der Waals surface area contributed by atoms with E-state index in [1.54, 1.807) is 30.3 Å². The summed E-state index contributed by atoms with van der Waals surface area (Å²) in [4.78, 5) is 25.7. The van der Waals surface area contributed by atoms with Crippen LogP contribution in [0.5, 0.6) is 5.75 Å². The normalized spacial score (nSPS) is 11.5. The second kappa shape index (κ2) is 10.6. The molecule has 0 aromatic heterocycles. The van der Waals surface area contributed by atoms with Crippen molar-refractivity contribution in [2.75, 3.05) is 17.2 Å². The van der Waals surface area contributed by atoms with Crippen molar-refractivity contribution < 1.29 is 14.3 Å². The fraction of sp³-hybridized carbons (Fsp3) is 0.200. The first-order chi connectivity index (χ1) is 15.0. The molecule has 5 nitrogen and oxygen atoms in total. The Morgan fingerprint density at radius 2 is 1.61 bits per heavy atom. The molecule has 3 aromatic carbocycles. The Morgan fingerprint density at radius 1 is 0.903 bits per heavy atom. The van der Waals surface area contributed by atoms with E-state index in [1.165, 1.54) is 0 Å². The molecule has 2 N–H and O–H groups in total. The van der Waals surface area contributed by atoms with Gasteiger partial charge >= 0.3 is 0 Å². The van der Waals surface area contributed by atoms with Gasteiger partial charge < -0.3 is 15.4 Å². The highest BCUT2D eigenvalue weighted by Crippen LogP contribution is 2.28. The maximum Gasteiger partial charge on any atom is 0.255 e. The zero-order valence-corrected chi connectivity index (χ0v) is 18.3. The molecule has 3 aromatic rings. The van der Waals surface area contributed by atoms with Gasteiger partial charge in [-0.15, -0.1) is 0 Å². The highest BCUT2D eigenvalue weighted by atomic mass is 35.5. The third-order valence-electron chi connectivity index (χ3n) is 4.85. The fourth-order valence-corrected chi connectivity index (χ4v) is 3.45. The lowest BCUT2D eigenvalue weighted by Gasteiger charge is -2.17. The lowest BCUT2D eigenvalue weighted by Crippen LogP contribution is -2.21. The zero-order valence-electron chi connectivity index (χ0n) is 17.5. The van der Waals surface area contributed by atoms with Gasteiger partial charge in [0.05, 0.1) is 28.9 Å². The van der Waals surface area contributed by atoms with Gasteiger partial charge in [0.15, 0.2) is 0 Å². The molecule has 2 amide bonds. The van der Waals surface area contributed by atoms with Crippen LogP contribution in [0.4, 0.5) is 11.4 Å². The molecule has 0 aliphatic carbocycles. The number of ether oxygens (including phenoxy) is 1. The minimum Gasteiger partial charge on any atom is -0.492 e. The first kappa shape index (κ1) is 22.4. The van der Waals surface area contributed by atoms with E-state index in [9.17, 15) is 9.59 Å². The van der Waals surface area contributed by atoms with Crippen molar-refractivity contribution in [1.29, 1.82) is 0 Å². The topological polar surface area (TPSA) is 67.4 Å². The van der Waals surface area contributed by atoms with Crippen molar-refractivity contribution in [3.63, 3.8) is 0 Å². The molecule has 0 radical (unpaired) electrons. The van der Waals surface area contributed by atoms with Crippen LogP contribution < -0.4 is 15.4 Å². The predicted molar refractivity (Wildman–Crippen MR) is 125 cm³/mol. The lowest BCUT2D eigenvalue weighted by atomic mass is 9.95. The molecule has 160 valence electrons. The Bertz CT molecular complexity index is 1050. The van der Waals surface area contributed by atoms with Gasteiger partial charge in [-0.3, -0.25) is 9.59 Å². The Labute approximate surface area is 187 Å². The van der Waals surface area contributed by atoms with Crippen LogP contribution in [0.1, 0.15) is 42.1 Å². The summed E-state index contributed by atoms with van der Waals surface area (Å²) in [6.07, 6.45) is 0.641. The number of carbonyl (C=O) groups excluding carboxylic acids is 2. The van der Waals surface area contributed by atoms with Crippen LogP contribution in [0.2, 0.25) is 5.02 Å². The summed E-state index contributed by atoms with van der Waals surface area (Å²) in [7, 11) is 0. The smallest absolute Gasteiger partial charge is 0.255 e. The monoisotopic (exact) mass is 436 g/mol. The van der Waals surface area contributed by atoms with Crippen LogP contribution >= 0.6 is 11.6 Å². The molecule has 0 heterocycles. The maximum absolute atomic E-state index is 12.9. The summed E-state index contributed by atoms with van der Waals surface area (Å²) in [5.74, 6) is -0.216. The Kier molecular flexibility index (Phi) is 7.68. The van der Waals surface area contributed by atoms with E-state index in [1.807, 2.05) is 56.3 Å². The highest BCUT2D eigenvalue weighted by molar-refractivity contribution is 6.34. The average molecular weight is 437 g/mol. The van der Waals surface area contributed by atoms with Gasteiger partial charge in [-0.05, 0) is 49.2 Å². The summed E-state index contributed by atoms with van der Waals surface area (Å²) in [6, 6.07) is 21.6. The Morgan fingerprint density at radius 3 is 2.32 bits per heavy atom. The summed E-state index contributed by atoms with van der Waals surface area (Å²) in [5.41, 5.74) is 2.27. The molecule has 0 saturated carbocycles. The van der Waals surface area contributed by atoms with Gasteiger partial charge in [0.2, 0.25) is 5.91 Å². The van der Waals surface area contributed by atoms with Crippen LogP contribution in [-0.4, -0.2) is 18.4 Å². The van der Waals surface area contributed by atoms with E-state index in [0.717, 1.165) is 5.56 Å². The van der Waals surface area contributed by atoms with Gasteiger partial charge in [-0.25, -0.2) is 0 Å². The van der Waals surface area contributed by atoms with Crippen molar-refractivity contribution in [3.05, 3.63) is 88.9 Å². The molecule has 0 fully saturated rings. The summed E-state index contributed by atoms with van der Waals surface area (Å²) >= 11 is 6.30. The van der Waals surface area contributed by atoms with E-state index in [2.05, 4.69) is 10.6 Å². The third-order valence-corrected chi connectivity index (χ3v) is 5.18. The van der Waals surface area contributed by atoms with Gasteiger partial charge in [-0.2, -0.15) is 0 Å². The third kappa shape index (κ3) is 5.64. The van der Waals surface area contributed by atoms with E-state index < -0.39 is 0 Å². The largest absolute Gasteiger partial charge is 0.492 e. The summed E-state index contributed by atoms with van der Waals surface area (Å²) < 4.78 is 5.56. The molecular weight excluding hydrogens is 412 g/mol. The van der Waals surface area contributed by atoms with Gasteiger partial charge in [-0.1, -0.05) is 61.0 Å². The Balaban J connectivity index is 1.78.